The average Bonchev–Trinajstić information content (AvgIpc) is 4.13. The van der Waals surface area contributed by atoms with Gasteiger partial charge in [-0.3, -0.25) is 0 Å². The van der Waals surface area contributed by atoms with Crippen molar-refractivity contribution in [1.82, 2.24) is 58.2 Å². The monoisotopic (exact) mass is 897 g/mol. The highest BCUT2D eigenvalue weighted by Crippen LogP contribution is 2.46. The molecule has 356 valence electrons. The third-order valence-corrected chi connectivity index (χ3v) is 16.7. The van der Waals surface area contributed by atoms with Crippen molar-refractivity contribution >= 4 is 0 Å². The maximum atomic E-state index is 5.26. The minimum absolute atomic E-state index is 0.179. The van der Waals surface area contributed by atoms with Crippen molar-refractivity contribution in [3.63, 3.8) is 0 Å². The number of aryl methyl sites for hydroxylation is 2. The van der Waals surface area contributed by atoms with Crippen LogP contribution in [0.3, 0.4) is 0 Å². The van der Waals surface area contributed by atoms with E-state index in [9.17, 15) is 0 Å². The topological polar surface area (TPSA) is 107 Å². The Balaban J connectivity index is 0.000000166. The number of imidazole rings is 2. The van der Waals surface area contributed by atoms with Gasteiger partial charge in [0.15, 0.2) is 11.6 Å². The van der Waals surface area contributed by atoms with Crippen molar-refractivity contribution in [2.45, 2.75) is 194 Å². The van der Waals surface area contributed by atoms with Crippen LogP contribution in [-0.2, 0) is 14.1 Å². The van der Waals surface area contributed by atoms with Gasteiger partial charge in [0, 0.05) is 87.3 Å². The number of aromatic nitrogens is 12. The first kappa shape index (κ1) is 46.4. The van der Waals surface area contributed by atoms with Crippen molar-refractivity contribution in [2.75, 3.05) is 0 Å². The Hall–Kier alpha value is -4.74. The average molecular weight is 897 g/mol. The van der Waals surface area contributed by atoms with Crippen LogP contribution in [0.1, 0.15) is 251 Å². The molecule has 0 radical (unpaired) electrons. The Morgan fingerprint density at radius 3 is 0.833 bits per heavy atom. The molecule has 0 unspecified atom stereocenters. The van der Waals surface area contributed by atoms with Crippen molar-refractivity contribution in [3.05, 3.63) is 106 Å². The molecule has 12 heteroatoms. The summed E-state index contributed by atoms with van der Waals surface area (Å²) in [6.07, 6.45) is 26.4. The van der Waals surface area contributed by atoms with Gasteiger partial charge in [0.05, 0.1) is 22.8 Å². The summed E-state index contributed by atoms with van der Waals surface area (Å²) in [5.41, 5.74) is 10.8. The highest BCUT2D eigenvalue weighted by Gasteiger charge is 2.38. The van der Waals surface area contributed by atoms with Gasteiger partial charge in [-0.25, -0.2) is 28.7 Å². The predicted octanol–water partition coefficient (Wildman–Crippen LogP) is 12.4. The van der Waals surface area contributed by atoms with Gasteiger partial charge in [-0.1, -0.05) is 83.1 Å². The molecule has 0 aliphatic heterocycles. The molecular weight excluding hydrogens is 817 g/mol. The van der Waals surface area contributed by atoms with E-state index in [1.807, 2.05) is 24.8 Å². The summed E-state index contributed by atoms with van der Waals surface area (Å²) >= 11 is 0. The first-order chi connectivity index (χ1) is 31.5. The molecule has 4 aliphatic rings. The summed E-state index contributed by atoms with van der Waals surface area (Å²) < 4.78 is 12.8. The molecule has 6 aromatic rings. The van der Waals surface area contributed by atoms with Gasteiger partial charge in [-0.15, -0.1) is 0 Å². The molecule has 6 aromatic heterocycles. The number of hydrogen-bond donors (Lipinski definition) is 0. The van der Waals surface area contributed by atoms with Gasteiger partial charge in [0.25, 0.3) is 0 Å². The molecule has 66 heavy (non-hydrogen) atoms. The number of rotatable bonds is 10. The lowest BCUT2D eigenvalue weighted by Crippen LogP contribution is -2.24. The molecule has 0 bridgehead atoms. The predicted molar refractivity (Wildman–Crippen MR) is 263 cm³/mol. The van der Waals surface area contributed by atoms with Crippen LogP contribution in [0.5, 0.6) is 0 Å². The van der Waals surface area contributed by atoms with Crippen LogP contribution in [0.15, 0.2) is 49.6 Å². The van der Waals surface area contributed by atoms with Crippen LogP contribution < -0.4 is 0 Å². The zero-order chi connectivity index (χ0) is 46.9. The molecule has 0 spiro atoms. The molecule has 10 rings (SSSR count). The zero-order valence-electron chi connectivity index (χ0n) is 42.7. The van der Waals surface area contributed by atoms with E-state index in [0.29, 0.717) is 71.0 Å². The van der Waals surface area contributed by atoms with E-state index in [0.717, 1.165) is 11.6 Å². The first-order valence-corrected chi connectivity index (χ1v) is 25.8. The van der Waals surface area contributed by atoms with Crippen LogP contribution in [0.4, 0.5) is 0 Å². The van der Waals surface area contributed by atoms with Crippen molar-refractivity contribution < 1.29 is 0 Å². The highest BCUT2D eigenvalue weighted by molar-refractivity contribution is 5.33. The third kappa shape index (κ3) is 8.34. The zero-order valence-corrected chi connectivity index (χ0v) is 42.7. The second-order valence-electron chi connectivity index (χ2n) is 22.7. The van der Waals surface area contributed by atoms with Crippen LogP contribution in [0.2, 0.25) is 0 Å². The molecule has 6 heterocycles. The molecule has 12 nitrogen and oxygen atoms in total. The first-order valence-electron chi connectivity index (χ1n) is 25.8. The summed E-state index contributed by atoms with van der Waals surface area (Å²) in [7, 11) is 4.14. The fourth-order valence-corrected chi connectivity index (χ4v) is 12.3. The molecule has 0 aromatic carbocycles. The highest BCUT2D eigenvalue weighted by atomic mass is 15.5. The minimum Gasteiger partial charge on any atom is -0.335 e. The Morgan fingerprint density at radius 2 is 0.636 bits per heavy atom. The van der Waals surface area contributed by atoms with Gasteiger partial charge >= 0.3 is 0 Å². The van der Waals surface area contributed by atoms with Gasteiger partial charge < -0.3 is 9.13 Å². The lowest BCUT2D eigenvalue weighted by molar-refractivity contribution is 0.365. The SMILES string of the molecule is CC(C)[C@H]1CC[C@@H](C)c2cn(C(c3nccn3C)n3cc4c(n3)[C@@H](C(C)C)CC[C@H]4C)nc21.CC(C)[C@H]1CC[C@@H](C)c2cn(C(c3nccn3C)n3cc4c(n3)[C@@H](C(C)C)CC[C@H]4C)nc21. The van der Waals surface area contributed by atoms with E-state index in [-0.39, 0.29) is 12.3 Å². The van der Waals surface area contributed by atoms with Crippen LogP contribution in [0, 0.1) is 23.7 Å². The number of hydrogen-bond acceptors (Lipinski definition) is 6. The molecular formula is C54H80N12. The molecule has 0 saturated carbocycles. The molecule has 8 atom stereocenters. The van der Waals surface area contributed by atoms with Crippen molar-refractivity contribution in [3.8, 4) is 0 Å². The molecule has 0 fully saturated rings. The van der Waals surface area contributed by atoms with E-state index in [1.165, 1.54) is 96.4 Å². The van der Waals surface area contributed by atoms with E-state index < -0.39 is 0 Å². The van der Waals surface area contributed by atoms with Gasteiger partial charge in [-0.05, 0) is 121 Å². The summed E-state index contributed by atoms with van der Waals surface area (Å²) in [5.74, 6) is 8.58. The van der Waals surface area contributed by atoms with Crippen LogP contribution in [0.25, 0.3) is 0 Å². The number of fused-ring (bicyclic) bond motifs is 4. The Kier molecular flexibility index (Phi) is 12.9. The normalized spacial score (nSPS) is 25.2. The molecule has 4 aliphatic carbocycles. The van der Waals surface area contributed by atoms with Crippen LogP contribution in [-0.4, -0.2) is 58.2 Å². The van der Waals surface area contributed by atoms with Crippen molar-refractivity contribution in [2.24, 2.45) is 37.8 Å². The van der Waals surface area contributed by atoms with Crippen molar-refractivity contribution in [1.29, 1.82) is 0 Å². The fourth-order valence-electron chi connectivity index (χ4n) is 12.3. The lowest BCUT2D eigenvalue weighted by atomic mass is 9.77. The van der Waals surface area contributed by atoms with Gasteiger partial charge in [0.2, 0.25) is 12.3 Å². The molecule has 0 amide bonds. The summed E-state index contributed by atoms with van der Waals surface area (Å²) in [6, 6.07) is 0. The van der Waals surface area contributed by atoms with Gasteiger partial charge in [-0.2, -0.15) is 20.4 Å². The van der Waals surface area contributed by atoms with E-state index in [1.54, 1.807) is 0 Å². The maximum absolute atomic E-state index is 5.26. The Labute approximate surface area is 395 Å². The van der Waals surface area contributed by atoms with E-state index >= 15 is 0 Å². The fraction of sp³-hybridized carbons (Fsp3) is 0.667. The summed E-state index contributed by atoms with van der Waals surface area (Å²) in [4.78, 5) is 9.54. The Bertz CT molecular complexity index is 2270. The number of nitrogens with zero attached hydrogens (tertiary/aromatic N) is 12. The second-order valence-corrected chi connectivity index (χ2v) is 22.7. The quantitative estimate of drug-likeness (QED) is 0.136. The van der Waals surface area contributed by atoms with Crippen LogP contribution >= 0.6 is 0 Å². The molecule has 0 N–H and O–H groups in total. The van der Waals surface area contributed by atoms with Gasteiger partial charge in [0.1, 0.15) is 0 Å². The Morgan fingerprint density at radius 1 is 0.394 bits per heavy atom. The summed E-state index contributed by atoms with van der Waals surface area (Å²) in [5, 5.41) is 21.0. The third-order valence-electron chi connectivity index (χ3n) is 16.7. The standard InChI is InChI=1S/2C27H40N6/c2*1-16(2)20-10-8-18(5)22-14-32(29-24(20)22)27(26-28-12-13-31(26)7)33-15-23-19(6)9-11-21(17(3)4)25(23)30-33/h2*12-21,27H,8-11H2,1-7H3/t2*18-,19-,20-,21-/m11/s1. The maximum Gasteiger partial charge on any atom is 0.200 e. The largest absolute Gasteiger partial charge is 0.335 e. The summed E-state index contributed by atoms with van der Waals surface area (Å²) in [6.45, 7) is 28.0. The minimum atomic E-state index is -0.179. The molecule has 0 saturated heterocycles. The second kappa shape index (κ2) is 18.4. The smallest absolute Gasteiger partial charge is 0.200 e. The van der Waals surface area contributed by atoms with E-state index in [4.69, 9.17) is 30.4 Å². The lowest BCUT2D eigenvalue weighted by Gasteiger charge is -2.28. The van der Waals surface area contributed by atoms with E-state index in [2.05, 4.69) is 150 Å².